The number of esters is 1. The SMILES string of the molecule is COC(=O)C(CCCN=C(N)N)NC(=O)c1coc(C(N)C(C)O)n1. The van der Waals surface area contributed by atoms with E-state index in [0.717, 1.165) is 6.26 Å². The number of guanidine groups is 1. The van der Waals surface area contributed by atoms with Gasteiger partial charge in [0.2, 0.25) is 5.89 Å². The van der Waals surface area contributed by atoms with E-state index in [9.17, 15) is 14.7 Å². The van der Waals surface area contributed by atoms with Crippen LogP contribution in [0.5, 0.6) is 0 Å². The van der Waals surface area contributed by atoms with Crippen molar-refractivity contribution in [2.24, 2.45) is 22.2 Å². The van der Waals surface area contributed by atoms with Gasteiger partial charge in [0, 0.05) is 6.54 Å². The van der Waals surface area contributed by atoms with Crippen molar-refractivity contribution in [1.82, 2.24) is 10.3 Å². The molecule has 25 heavy (non-hydrogen) atoms. The van der Waals surface area contributed by atoms with Gasteiger partial charge in [-0.2, -0.15) is 0 Å². The third-order valence-corrected chi connectivity index (χ3v) is 3.30. The number of aromatic nitrogens is 1. The Morgan fingerprint density at radius 1 is 1.48 bits per heavy atom. The minimum atomic E-state index is -0.895. The molecule has 0 spiro atoms. The molecule has 1 heterocycles. The lowest BCUT2D eigenvalue weighted by molar-refractivity contribution is -0.143. The molecule has 0 aliphatic heterocycles. The zero-order valence-electron chi connectivity index (χ0n) is 14.1. The summed E-state index contributed by atoms with van der Waals surface area (Å²) in [5.41, 5.74) is 16.1. The molecule has 0 radical (unpaired) electrons. The van der Waals surface area contributed by atoms with E-state index in [1.807, 2.05) is 0 Å². The Morgan fingerprint density at radius 2 is 2.16 bits per heavy atom. The number of carbonyl (C=O) groups is 2. The fourth-order valence-electron chi connectivity index (χ4n) is 1.88. The summed E-state index contributed by atoms with van der Waals surface area (Å²) in [7, 11) is 1.22. The lowest BCUT2D eigenvalue weighted by atomic mass is 10.1. The predicted octanol–water partition coefficient (Wildman–Crippen LogP) is -1.62. The Labute approximate surface area is 144 Å². The summed E-state index contributed by atoms with van der Waals surface area (Å²) in [5, 5.41) is 11.9. The Morgan fingerprint density at radius 3 is 2.72 bits per heavy atom. The Bertz CT molecular complexity index is 611. The number of carbonyl (C=O) groups excluding carboxylic acids is 2. The lowest BCUT2D eigenvalue weighted by Crippen LogP contribution is -2.41. The van der Waals surface area contributed by atoms with Gasteiger partial charge in [0.15, 0.2) is 11.7 Å². The smallest absolute Gasteiger partial charge is 0.328 e. The van der Waals surface area contributed by atoms with E-state index in [1.54, 1.807) is 0 Å². The molecular formula is C14H24N6O5. The zero-order chi connectivity index (χ0) is 19.0. The van der Waals surface area contributed by atoms with Gasteiger partial charge in [-0.3, -0.25) is 9.79 Å². The number of methoxy groups -OCH3 is 1. The molecule has 3 unspecified atom stereocenters. The van der Waals surface area contributed by atoms with Gasteiger partial charge in [0.25, 0.3) is 5.91 Å². The second kappa shape index (κ2) is 9.59. The molecule has 3 atom stereocenters. The summed E-state index contributed by atoms with van der Waals surface area (Å²) in [6, 6.07) is -1.75. The van der Waals surface area contributed by atoms with E-state index < -0.39 is 30.1 Å². The van der Waals surface area contributed by atoms with Crippen molar-refractivity contribution in [2.45, 2.75) is 38.0 Å². The minimum Gasteiger partial charge on any atom is -0.467 e. The summed E-state index contributed by atoms with van der Waals surface area (Å²) in [6.45, 7) is 1.78. The maximum Gasteiger partial charge on any atom is 0.328 e. The van der Waals surface area contributed by atoms with E-state index in [2.05, 4.69) is 20.0 Å². The number of aliphatic hydroxyl groups excluding tert-OH is 1. The number of oxazole rings is 1. The zero-order valence-corrected chi connectivity index (χ0v) is 14.1. The number of rotatable bonds is 9. The Hall–Kier alpha value is -2.66. The standard InChI is InChI=1S/C14H24N6O5/c1-7(21)10(15)12-20-9(6-25-12)11(22)19-8(13(23)24-2)4-3-5-18-14(16)17/h6-8,10,21H,3-5,15H2,1-2H3,(H,19,22)(H4,16,17,18). The number of nitrogens with zero attached hydrogens (tertiary/aromatic N) is 2. The molecule has 0 bridgehead atoms. The normalized spacial score (nSPS) is 14.2. The number of hydrogen-bond acceptors (Lipinski definition) is 8. The summed E-state index contributed by atoms with van der Waals surface area (Å²) in [5.74, 6) is -1.28. The summed E-state index contributed by atoms with van der Waals surface area (Å²) >= 11 is 0. The fourth-order valence-corrected chi connectivity index (χ4v) is 1.88. The number of aliphatic hydroxyl groups is 1. The number of ether oxygens (including phenoxy) is 1. The Balaban J connectivity index is 2.71. The van der Waals surface area contributed by atoms with Gasteiger partial charge in [-0.25, -0.2) is 9.78 Å². The first-order valence-electron chi connectivity index (χ1n) is 7.59. The third kappa shape index (κ3) is 6.39. The van der Waals surface area contributed by atoms with Crippen LogP contribution in [0.2, 0.25) is 0 Å². The molecule has 0 saturated carbocycles. The van der Waals surface area contributed by atoms with Gasteiger partial charge in [0.05, 0.1) is 13.2 Å². The molecule has 1 aromatic rings. The van der Waals surface area contributed by atoms with Crippen LogP contribution in [-0.2, 0) is 9.53 Å². The second-order valence-electron chi connectivity index (χ2n) is 5.34. The van der Waals surface area contributed by atoms with Crippen molar-refractivity contribution in [3.63, 3.8) is 0 Å². The highest BCUT2D eigenvalue weighted by Crippen LogP contribution is 2.14. The minimum absolute atomic E-state index is 0.0162. The molecule has 0 aliphatic rings. The first-order valence-corrected chi connectivity index (χ1v) is 7.59. The highest BCUT2D eigenvalue weighted by molar-refractivity contribution is 5.94. The molecule has 1 rings (SSSR count). The van der Waals surface area contributed by atoms with Crippen LogP contribution in [0.25, 0.3) is 0 Å². The maximum absolute atomic E-state index is 12.2. The van der Waals surface area contributed by atoms with Crippen LogP contribution in [-0.4, -0.2) is 53.7 Å². The first-order chi connectivity index (χ1) is 11.8. The number of nitrogens with two attached hydrogens (primary N) is 3. The predicted molar refractivity (Wildman–Crippen MR) is 88.3 cm³/mol. The second-order valence-corrected chi connectivity index (χ2v) is 5.34. The summed E-state index contributed by atoms with van der Waals surface area (Å²) in [6.07, 6.45) is 0.927. The number of aliphatic imine (C=N–C) groups is 1. The van der Waals surface area contributed by atoms with Crippen molar-refractivity contribution >= 4 is 17.8 Å². The van der Waals surface area contributed by atoms with Crippen LogP contribution in [0.4, 0.5) is 0 Å². The van der Waals surface area contributed by atoms with E-state index in [0.29, 0.717) is 13.0 Å². The highest BCUT2D eigenvalue weighted by Gasteiger charge is 2.25. The van der Waals surface area contributed by atoms with Gasteiger partial charge in [-0.1, -0.05) is 0 Å². The third-order valence-electron chi connectivity index (χ3n) is 3.30. The fraction of sp³-hybridized carbons (Fsp3) is 0.571. The summed E-state index contributed by atoms with van der Waals surface area (Å²) < 4.78 is 9.75. The molecule has 11 heteroatoms. The quantitative estimate of drug-likeness (QED) is 0.150. The molecule has 8 N–H and O–H groups in total. The molecule has 11 nitrogen and oxygen atoms in total. The van der Waals surface area contributed by atoms with Gasteiger partial charge in [-0.15, -0.1) is 0 Å². The van der Waals surface area contributed by atoms with Crippen molar-refractivity contribution in [2.75, 3.05) is 13.7 Å². The lowest BCUT2D eigenvalue weighted by Gasteiger charge is -2.15. The average Bonchev–Trinajstić information content (AvgIpc) is 3.05. The van der Waals surface area contributed by atoms with Crippen LogP contribution in [0, 0.1) is 0 Å². The largest absolute Gasteiger partial charge is 0.467 e. The van der Waals surface area contributed by atoms with Crippen LogP contribution in [0.3, 0.4) is 0 Å². The van der Waals surface area contributed by atoms with E-state index in [-0.39, 0.29) is 24.0 Å². The van der Waals surface area contributed by atoms with Crippen molar-refractivity contribution in [3.8, 4) is 0 Å². The van der Waals surface area contributed by atoms with Gasteiger partial charge in [0.1, 0.15) is 18.3 Å². The van der Waals surface area contributed by atoms with E-state index >= 15 is 0 Å². The molecule has 0 fully saturated rings. The number of hydrogen-bond donors (Lipinski definition) is 5. The molecule has 1 aromatic heterocycles. The van der Waals surface area contributed by atoms with E-state index in [1.165, 1.54) is 14.0 Å². The first kappa shape index (κ1) is 20.4. The molecular weight excluding hydrogens is 332 g/mol. The van der Waals surface area contributed by atoms with Crippen LogP contribution >= 0.6 is 0 Å². The Kier molecular flexibility index (Phi) is 7.82. The van der Waals surface area contributed by atoms with Crippen LogP contribution in [0.1, 0.15) is 42.2 Å². The monoisotopic (exact) mass is 356 g/mol. The maximum atomic E-state index is 12.2. The van der Waals surface area contributed by atoms with Crippen LogP contribution in [0.15, 0.2) is 15.7 Å². The van der Waals surface area contributed by atoms with Gasteiger partial charge in [-0.05, 0) is 19.8 Å². The van der Waals surface area contributed by atoms with Gasteiger partial charge < -0.3 is 36.8 Å². The molecule has 1 amide bonds. The molecule has 0 aromatic carbocycles. The van der Waals surface area contributed by atoms with Gasteiger partial charge >= 0.3 is 5.97 Å². The summed E-state index contributed by atoms with van der Waals surface area (Å²) in [4.78, 5) is 31.7. The van der Waals surface area contributed by atoms with Crippen molar-refractivity contribution < 1.29 is 23.8 Å². The molecule has 0 saturated heterocycles. The van der Waals surface area contributed by atoms with Crippen LogP contribution < -0.4 is 22.5 Å². The highest BCUT2D eigenvalue weighted by atomic mass is 16.5. The molecule has 140 valence electrons. The molecule has 0 aliphatic carbocycles. The topological polar surface area (TPSA) is 192 Å². The van der Waals surface area contributed by atoms with Crippen molar-refractivity contribution in [3.05, 3.63) is 17.8 Å². The van der Waals surface area contributed by atoms with E-state index in [4.69, 9.17) is 21.6 Å². The van der Waals surface area contributed by atoms with Crippen molar-refractivity contribution in [1.29, 1.82) is 0 Å². The number of amides is 1. The average molecular weight is 356 g/mol. The number of nitrogens with one attached hydrogen (secondary N) is 1.